The molecule has 0 radical (unpaired) electrons. The van der Waals surface area contributed by atoms with Crippen LogP contribution in [-0.2, 0) is 25.7 Å². The van der Waals surface area contributed by atoms with E-state index in [4.69, 9.17) is 27.9 Å². The summed E-state index contributed by atoms with van der Waals surface area (Å²) in [6.07, 6.45) is 1.13. The van der Waals surface area contributed by atoms with Gasteiger partial charge in [0.2, 0.25) is 24.3 Å². The Hall–Kier alpha value is -6.25. The number of aromatic nitrogens is 3. The Morgan fingerprint density at radius 2 is 1.74 bits per heavy atom. The van der Waals surface area contributed by atoms with Crippen LogP contribution in [0.1, 0.15) is 92.1 Å². The van der Waals surface area contributed by atoms with Crippen molar-refractivity contribution in [3.63, 3.8) is 0 Å². The summed E-state index contributed by atoms with van der Waals surface area (Å²) in [5, 5.41) is 18.0. The van der Waals surface area contributed by atoms with Gasteiger partial charge in [-0.1, -0.05) is 29.8 Å². The maximum atomic E-state index is 13.3. The summed E-state index contributed by atoms with van der Waals surface area (Å²) in [5.74, 6) is -2.10. The molecule has 0 saturated carbocycles. The molecular weight excluding hydrogens is 774 g/mol. The number of unbranched alkanes of at least 4 members (excludes halogenated alkanes) is 1. The number of nitrogens with zero attached hydrogens (tertiary/aromatic N) is 6. The molecule has 2 atom stereocenters. The van der Waals surface area contributed by atoms with E-state index in [0.717, 1.165) is 31.5 Å². The second kappa shape index (κ2) is 16.5. The van der Waals surface area contributed by atoms with Crippen molar-refractivity contribution >= 4 is 64.1 Å². The van der Waals surface area contributed by atoms with Crippen LogP contribution in [0.25, 0.3) is 9.85 Å². The predicted octanol–water partition coefficient (Wildman–Crippen LogP) is 3.79. The summed E-state index contributed by atoms with van der Waals surface area (Å²) < 4.78 is 7.57. The normalized spacial score (nSPS) is 17.2. The molecule has 4 aromatic rings. The Morgan fingerprint density at radius 3 is 2.46 bits per heavy atom. The van der Waals surface area contributed by atoms with Crippen LogP contribution in [0.5, 0.6) is 5.75 Å². The van der Waals surface area contributed by atoms with Crippen LogP contribution in [0.3, 0.4) is 0 Å². The van der Waals surface area contributed by atoms with Crippen molar-refractivity contribution in [2.45, 2.75) is 64.6 Å². The lowest BCUT2D eigenvalue weighted by atomic mass is 9.99. The van der Waals surface area contributed by atoms with Gasteiger partial charge in [0.15, 0.2) is 12.4 Å². The lowest BCUT2D eigenvalue weighted by Gasteiger charge is -2.27. The Labute approximate surface area is 335 Å². The van der Waals surface area contributed by atoms with Crippen molar-refractivity contribution in [2.24, 2.45) is 4.99 Å². The van der Waals surface area contributed by atoms with Crippen LogP contribution >= 0.6 is 22.9 Å². The zero-order valence-corrected chi connectivity index (χ0v) is 32.5. The van der Waals surface area contributed by atoms with E-state index in [1.807, 2.05) is 30.5 Å². The third kappa shape index (κ3) is 7.78. The first kappa shape index (κ1) is 39.0. The minimum Gasteiger partial charge on any atom is -0.483 e. The number of piperidine rings is 1. The van der Waals surface area contributed by atoms with Gasteiger partial charge in [0.1, 0.15) is 28.7 Å². The van der Waals surface area contributed by atoms with Gasteiger partial charge in [0.25, 0.3) is 17.7 Å². The molecule has 0 spiro atoms. The van der Waals surface area contributed by atoms with Crippen molar-refractivity contribution in [2.75, 3.05) is 19.7 Å². The summed E-state index contributed by atoms with van der Waals surface area (Å²) >= 11 is 7.71. The lowest BCUT2D eigenvalue weighted by molar-refractivity contribution is -0.136. The topological polar surface area (TPSA) is 198 Å². The third-order valence-corrected chi connectivity index (χ3v) is 11.4. The molecule has 292 valence electrons. The molecule has 3 N–H and O–H groups in total. The molecule has 0 aliphatic carbocycles. The molecule has 1 unspecified atom stereocenters. The molecule has 16 nitrogen and oxygen atoms in total. The largest absolute Gasteiger partial charge is 0.483 e. The number of halogens is 1. The standard InChI is InChI=1S/C39H36ClN9O7S/c1-20-28(18-41-3)57-39-32(20)34(22-9-11-23(40)12-10-22)44-25(35-47-46-21(2)48(35)39)17-30(51)42-15-4-5-16-43-31(52)19-56-27-8-6-7-24-33(27)38(55)49(37(24)54)26-13-14-29(50)45-36(26)53/h6-12,25-26H,4-5,13-19H2,1-2H3,(H,42,51)(H,43,52)(H,45,50,53)/t25-,26?/m0/s1. The smallest absolute Gasteiger partial charge is 0.266 e. The second-order valence-corrected chi connectivity index (χ2v) is 15.1. The van der Waals surface area contributed by atoms with E-state index in [1.165, 1.54) is 29.5 Å². The van der Waals surface area contributed by atoms with E-state index in [0.29, 0.717) is 48.3 Å². The van der Waals surface area contributed by atoms with Crippen molar-refractivity contribution in [3.05, 3.63) is 103 Å². The third-order valence-electron chi connectivity index (χ3n) is 9.86. The number of carbonyl (C=O) groups excluding carboxylic acids is 6. The molecule has 3 aliphatic rings. The zero-order valence-electron chi connectivity index (χ0n) is 30.9. The van der Waals surface area contributed by atoms with Crippen LogP contribution in [0.4, 0.5) is 0 Å². The molecule has 1 fully saturated rings. The quantitative estimate of drug-likeness (QED) is 0.102. The number of amides is 6. The molecular formula is C39H36ClN9O7S. The molecule has 6 amide bonds. The van der Waals surface area contributed by atoms with E-state index in [2.05, 4.69) is 31.0 Å². The maximum Gasteiger partial charge on any atom is 0.266 e. The minimum absolute atomic E-state index is 0.00343. The first-order valence-electron chi connectivity index (χ1n) is 18.2. The molecule has 3 aliphatic heterocycles. The van der Waals surface area contributed by atoms with Gasteiger partial charge in [-0.3, -0.25) is 48.5 Å². The number of fused-ring (bicyclic) bond motifs is 4. The molecule has 1 saturated heterocycles. The highest BCUT2D eigenvalue weighted by atomic mass is 35.5. The van der Waals surface area contributed by atoms with Crippen LogP contribution in [-0.4, -0.2) is 86.6 Å². The minimum atomic E-state index is -1.12. The Morgan fingerprint density at radius 1 is 1.00 bits per heavy atom. The fourth-order valence-corrected chi connectivity index (χ4v) is 8.45. The van der Waals surface area contributed by atoms with Gasteiger partial charge in [-0.15, -0.1) is 21.5 Å². The molecule has 2 aromatic heterocycles. The molecule has 18 heteroatoms. The van der Waals surface area contributed by atoms with Gasteiger partial charge in [-0.25, -0.2) is 6.57 Å². The van der Waals surface area contributed by atoms with Crippen molar-refractivity contribution in [3.8, 4) is 10.8 Å². The van der Waals surface area contributed by atoms with E-state index in [9.17, 15) is 28.8 Å². The SMILES string of the molecule is [C-]#[N+]Cc1sc2c(c1C)C(c1ccc(Cl)cc1)=N[C@@H](CC(=O)NCCCCNC(=O)COc1cccc3c1C(=O)N(C1CCC(=O)NC1=O)C3=O)c1nnc(C)n1-2. The summed E-state index contributed by atoms with van der Waals surface area (Å²) in [5.41, 5.74) is 3.31. The number of hydrogen-bond acceptors (Lipinski definition) is 11. The molecule has 2 aromatic carbocycles. The lowest BCUT2D eigenvalue weighted by Crippen LogP contribution is -2.54. The monoisotopic (exact) mass is 809 g/mol. The number of aliphatic imine (C=N–C) groups is 1. The molecule has 0 bridgehead atoms. The number of hydrogen-bond donors (Lipinski definition) is 3. The number of aryl methyl sites for hydroxylation is 1. The number of thiophene rings is 1. The average molecular weight is 810 g/mol. The van der Waals surface area contributed by atoms with Gasteiger partial charge >= 0.3 is 0 Å². The van der Waals surface area contributed by atoms with E-state index < -0.39 is 48.2 Å². The average Bonchev–Trinajstić information content (AvgIpc) is 3.77. The van der Waals surface area contributed by atoms with Crippen molar-refractivity contribution in [1.29, 1.82) is 0 Å². The highest BCUT2D eigenvalue weighted by Crippen LogP contribution is 2.40. The van der Waals surface area contributed by atoms with E-state index in [1.54, 1.807) is 12.1 Å². The summed E-state index contributed by atoms with van der Waals surface area (Å²) in [7, 11) is 0. The number of rotatable bonds is 13. The van der Waals surface area contributed by atoms with Crippen LogP contribution in [0.2, 0.25) is 5.02 Å². The number of benzene rings is 2. The Bertz CT molecular complexity index is 2400. The zero-order chi connectivity index (χ0) is 40.4. The number of nitrogens with one attached hydrogen (secondary N) is 3. The van der Waals surface area contributed by atoms with E-state index in [-0.39, 0.29) is 48.6 Å². The van der Waals surface area contributed by atoms with Gasteiger partial charge in [0, 0.05) is 35.7 Å². The second-order valence-electron chi connectivity index (χ2n) is 13.6. The van der Waals surface area contributed by atoms with Crippen molar-refractivity contribution < 1.29 is 33.5 Å². The Balaban J connectivity index is 0.920. The number of ether oxygens (including phenoxy) is 1. The highest BCUT2D eigenvalue weighted by molar-refractivity contribution is 7.15. The molecule has 7 rings (SSSR count). The maximum absolute atomic E-state index is 13.3. The van der Waals surface area contributed by atoms with Gasteiger partial charge in [-0.2, -0.15) is 0 Å². The first-order valence-corrected chi connectivity index (χ1v) is 19.4. The van der Waals surface area contributed by atoms with Crippen molar-refractivity contribution in [1.82, 2.24) is 35.6 Å². The van der Waals surface area contributed by atoms with Crippen LogP contribution in [0, 0.1) is 20.4 Å². The number of imide groups is 2. The fraction of sp³-hybridized carbons (Fsp3) is 0.333. The highest BCUT2D eigenvalue weighted by Gasteiger charge is 2.46. The molecule has 5 heterocycles. The van der Waals surface area contributed by atoms with Gasteiger partial charge < -0.3 is 20.2 Å². The first-order chi connectivity index (χ1) is 27.5. The van der Waals surface area contributed by atoms with Crippen LogP contribution < -0.4 is 20.7 Å². The summed E-state index contributed by atoms with van der Waals surface area (Å²) in [6, 6.07) is 9.98. The summed E-state index contributed by atoms with van der Waals surface area (Å²) in [6.45, 7) is 11.7. The van der Waals surface area contributed by atoms with E-state index >= 15 is 0 Å². The van der Waals surface area contributed by atoms with Gasteiger partial charge in [0.05, 0.1) is 28.1 Å². The summed E-state index contributed by atoms with van der Waals surface area (Å²) in [4.78, 5) is 86.7. The molecule has 57 heavy (non-hydrogen) atoms. The van der Waals surface area contributed by atoms with Crippen LogP contribution in [0.15, 0.2) is 47.5 Å². The van der Waals surface area contributed by atoms with Gasteiger partial charge in [-0.05, 0) is 62.9 Å². The predicted molar refractivity (Wildman–Crippen MR) is 207 cm³/mol. The number of carbonyl (C=O) groups is 6. The Kier molecular flexibility index (Phi) is 11.3. The fourth-order valence-electron chi connectivity index (χ4n) is 7.04.